The zero-order valence-electron chi connectivity index (χ0n) is 12.9. The summed E-state index contributed by atoms with van der Waals surface area (Å²) in [5.74, 6) is -0.746. The van der Waals surface area contributed by atoms with Crippen LogP contribution in [-0.4, -0.2) is 48.2 Å². The highest BCUT2D eigenvalue weighted by atomic mass is 16.6. The minimum absolute atomic E-state index is 0.0361. The van der Waals surface area contributed by atoms with Crippen LogP contribution in [0.15, 0.2) is 12.2 Å². The summed E-state index contributed by atoms with van der Waals surface area (Å²) in [7, 11) is 0. The maximum Gasteiger partial charge on any atom is 0.312 e. The molecule has 2 bridgehead atoms. The van der Waals surface area contributed by atoms with E-state index in [0.717, 1.165) is 6.42 Å². The van der Waals surface area contributed by atoms with E-state index in [9.17, 15) is 9.59 Å². The standard InChI is InChI=1S/C16H23NO4/c1-4-7-20-15(19)12-11-5-6-16(21-11)9-17(8-10(2)3)14(18)13(12)16/h5-6,10-13H,4,7-9H2,1-3H3/t11-,12?,13+,16-/m1/s1. The van der Waals surface area contributed by atoms with Crippen molar-refractivity contribution in [2.24, 2.45) is 17.8 Å². The first-order valence-corrected chi connectivity index (χ1v) is 7.81. The molecular formula is C16H23NO4. The van der Waals surface area contributed by atoms with E-state index in [1.165, 1.54) is 0 Å². The first-order chi connectivity index (χ1) is 9.98. The first kappa shape index (κ1) is 14.6. The van der Waals surface area contributed by atoms with Crippen molar-refractivity contribution in [2.75, 3.05) is 19.7 Å². The average Bonchev–Trinajstić information content (AvgIpc) is 3.04. The first-order valence-electron chi connectivity index (χ1n) is 7.81. The van der Waals surface area contributed by atoms with Crippen molar-refractivity contribution < 1.29 is 19.1 Å². The van der Waals surface area contributed by atoms with E-state index in [2.05, 4.69) is 13.8 Å². The van der Waals surface area contributed by atoms with Gasteiger partial charge >= 0.3 is 5.97 Å². The summed E-state index contributed by atoms with van der Waals surface area (Å²) in [5.41, 5.74) is -0.605. The van der Waals surface area contributed by atoms with Crippen LogP contribution in [0.5, 0.6) is 0 Å². The Kier molecular flexibility index (Phi) is 3.56. The van der Waals surface area contributed by atoms with Crippen molar-refractivity contribution in [1.82, 2.24) is 4.90 Å². The summed E-state index contributed by atoms with van der Waals surface area (Å²) in [6, 6.07) is 0. The molecule has 0 aromatic rings. The third kappa shape index (κ3) is 2.18. The molecule has 4 atom stereocenters. The van der Waals surface area contributed by atoms with Crippen LogP contribution in [0.1, 0.15) is 27.2 Å². The molecule has 3 aliphatic rings. The summed E-state index contributed by atoms with van der Waals surface area (Å²) < 4.78 is 11.3. The van der Waals surface area contributed by atoms with Crippen LogP contribution in [0.3, 0.4) is 0 Å². The molecule has 1 unspecified atom stereocenters. The van der Waals surface area contributed by atoms with Gasteiger partial charge in [-0.05, 0) is 12.3 Å². The highest BCUT2D eigenvalue weighted by Gasteiger charge is 2.67. The van der Waals surface area contributed by atoms with E-state index in [-0.39, 0.29) is 18.0 Å². The van der Waals surface area contributed by atoms with Gasteiger partial charge in [0.2, 0.25) is 5.91 Å². The number of hydrogen-bond acceptors (Lipinski definition) is 4. The van der Waals surface area contributed by atoms with E-state index in [1.807, 2.05) is 24.0 Å². The van der Waals surface area contributed by atoms with Crippen LogP contribution in [0, 0.1) is 17.8 Å². The smallest absolute Gasteiger partial charge is 0.312 e. The molecule has 2 fully saturated rings. The average molecular weight is 293 g/mol. The molecule has 116 valence electrons. The second-order valence-corrected chi connectivity index (χ2v) is 6.68. The second kappa shape index (κ2) is 5.13. The van der Waals surface area contributed by atoms with Crippen LogP contribution >= 0.6 is 0 Å². The van der Waals surface area contributed by atoms with Crippen molar-refractivity contribution in [3.05, 3.63) is 12.2 Å². The fourth-order valence-electron chi connectivity index (χ4n) is 3.74. The lowest BCUT2D eigenvalue weighted by Crippen LogP contribution is -2.40. The van der Waals surface area contributed by atoms with Crippen molar-refractivity contribution in [2.45, 2.75) is 38.9 Å². The van der Waals surface area contributed by atoms with Crippen LogP contribution in [0.2, 0.25) is 0 Å². The van der Waals surface area contributed by atoms with E-state index in [0.29, 0.717) is 25.6 Å². The fraction of sp³-hybridized carbons (Fsp3) is 0.750. The number of carbonyl (C=O) groups is 2. The molecule has 0 aromatic carbocycles. The molecule has 5 heteroatoms. The molecule has 1 spiro atoms. The van der Waals surface area contributed by atoms with Gasteiger partial charge in [0.25, 0.3) is 0 Å². The lowest BCUT2D eigenvalue weighted by molar-refractivity contribution is -0.153. The van der Waals surface area contributed by atoms with Gasteiger partial charge in [0.1, 0.15) is 11.5 Å². The summed E-state index contributed by atoms with van der Waals surface area (Å²) in [6.07, 6.45) is 4.37. The van der Waals surface area contributed by atoms with E-state index in [1.54, 1.807) is 0 Å². The molecule has 0 saturated carbocycles. The molecule has 3 heterocycles. The van der Waals surface area contributed by atoms with E-state index < -0.39 is 17.4 Å². The lowest BCUT2D eigenvalue weighted by atomic mass is 9.77. The topological polar surface area (TPSA) is 55.8 Å². The Morgan fingerprint density at radius 2 is 2.33 bits per heavy atom. The maximum absolute atomic E-state index is 12.7. The van der Waals surface area contributed by atoms with E-state index in [4.69, 9.17) is 9.47 Å². The summed E-state index contributed by atoms with van der Waals surface area (Å²) in [4.78, 5) is 26.8. The molecule has 0 N–H and O–H groups in total. The molecule has 0 radical (unpaired) electrons. The summed E-state index contributed by atoms with van der Waals surface area (Å²) in [6.45, 7) is 7.78. The second-order valence-electron chi connectivity index (χ2n) is 6.68. The van der Waals surface area contributed by atoms with Crippen LogP contribution in [0.25, 0.3) is 0 Å². The Morgan fingerprint density at radius 3 is 3.00 bits per heavy atom. The summed E-state index contributed by atoms with van der Waals surface area (Å²) in [5, 5.41) is 0. The number of amides is 1. The number of ether oxygens (including phenoxy) is 2. The number of hydrogen-bond donors (Lipinski definition) is 0. The SMILES string of the molecule is CCCOC(=O)C1[C@H]2C(=O)N(CC(C)C)C[C@]23C=C[C@H]1O3. The third-order valence-electron chi connectivity index (χ3n) is 4.48. The molecular weight excluding hydrogens is 270 g/mol. The molecule has 1 amide bonds. The predicted molar refractivity (Wildman–Crippen MR) is 76.4 cm³/mol. The van der Waals surface area contributed by atoms with Gasteiger partial charge < -0.3 is 14.4 Å². The quantitative estimate of drug-likeness (QED) is 0.567. The predicted octanol–water partition coefficient (Wildman–Crippen LogP) is 1.38. The van der Waals surface area contributed by atoms with Gasteiger partial charge in [-0.2, -0.15) is 0 Å². The molecule has 3 rings (SSSR count). The lowest BCUT2D eigenvalue weighted by Gasteiger charge is -2.22. The molecule has 0 aromatic heterocycles. The minimum Gasteiger partial charge on any atom is -0.465 e. The summed E-state index contributed by atoms with van der Waals surface area (Å²) >= 11 is 0. The Balaban J connectivity index is 1.82. The number of rotatable bonds is 5. The minimum atomic E-state index is -0.605. The third-order valence-corrected chi connectivity index (χ3v) is 4.48. The highest BCUT2D eigenvalue weighted by Crippen LogP contribution is 2.52. The Bertz CT molecular complexity index is 487. The maximum atomic E-state index is 12.7. The van der Waals surface area contributed by atoms with Crippen LogP contribution in [-0.2, 0) is 19.1 Å². The molecule has 0 aliphatic carbocycles. The van der Waals surface area contributed by atoms with Crippen molar-refractivity contribution in [3.63, 3.8) is 0 Å². The van der Waals surface area contributed by atoms with Crippen LogP contribution < -0.4 is 0 Å². The van der Waals surface area contributed by atoms with Crippen molar-refractivity contribution in [1.29, 1.82) is 0 Å². The van der Waals surface area contributed by atoms with E-state index >= 15 is 0 Å². The van der Waals surface area contributed by atoms with Gasteiger partial charge in [-0.15, -0.1) is 0 Å². The number of fused-ring (bicyclic) bond motifs is 1. The molecule has 21 heavy (non-hydrogen) atoms. The van der Waals surface area contributed by atoms with Gasteiger partial charge in [-0.3, -0.25) is 9.59 Å². The van der Waals surface area contributed by atoms with Gasteiger partial charge in [-0.25, -0.2) is 0 Å². The molecule has 5 nitrogen and oxygen atoms in total. The van der Waals surface area contributed by atoms with Gasteiger partial charge in [0.05, 0.1) is 25.2 Å². The van der Waals surface area contributed by atoms with Gasteiger partial charge in [0, 0.05) is 6.54 Å². The molecule has 2 saturated heterocycles. The van der Waals surface area contributed by atoms with Crippen molar-refractivity contribution in [3.8, 4) is 0 Å². The van der Waals surface area contributed by atoms with Crippen molar-refractivity contribution >= 4 is 11.9 Å². The molecule has 3 aliphatic heterocycles. The normalized spacial score (nSPS) is 36.7. The Morgan fingerprint density at radius 1 is 1.57 bits per heavy atom. The Labute approximate surface area is 125 Å². The number of carbonyl (C=O) groups excluding carboxylic acids is 2. The zero-order chi connectivity index (χ0) is 15.2. The number of esters is 1. The largest absolute Gasteiger partial charge is 0.465 e. The van der Waals surface area contributed by atoms with Crippen LogP contribution in [0.4, 0.5) is 0 Å². The van der Waals surface area contributed by atoms with Gasteiger partial charge in [-0.1, -0.05) is 32.9 Å². The zero-order valence-corrected chi connectivity index (χ0v) is 12.9. The number of likely N-dealkylation sites (tertiary alicyclic amines) is 1. The fourth-order valence-corrected chi connectivity index (χ4v) is 3.74. The highest BCUT2D eigenvalue weighted by molar-refractivity contribution is 5.91. The van der Waals surface area contributed by atoms with Gasteiger partial charge in [0.15, 0.2) is 0 Å². The monoisotopic (exact) mass is 293 g/mol. The Hall–Kier alpha value is -1.36. The number of nitrogens with zero attached hydrogens (tertiary/aromatic N) is 1.